The lowest BCUT2D eigenvalue weighted by molar-refractivity contribution is 0.619. The number of benzene rings is 2. The van der Waals surface area contributed by atoms with Crippen molar-refractivity contribution in [2.45, 2.75) is 13.8 Å². The highest BCUT2D eigenvalue weighted by Gasteiger charge is 2.14. The fourth-order valence-electron chi connectivity index (χ4n) is 2.48. The molecule has 2 aromatic heterocycles. The van der Waals surface area contributed by atoms with E-state index in [-0.39, 0.29) is 5.82 Å². The van der Waals surface area contributed by atoms with E-state index in [1.54, 1.807) is 17.4 Å². The molecule has 0 amide bonds. The number of halogens is 1. The summed E-state index contributed by atoms with van der Waals surface area (Å²) in [6.45, 7) is 4.14. The van der Waals surface area contributed by atoms with E-state index in [9.17, 15) is 4.39 Å². The van der Waals surface area contributed by atoms with Crippen LogP contribution >= 0.6 is 11.3 Å². The zero-order valence-corrected chi connectivity index (χ0v) is 12.4. The Morgan fingerprint density at radius 3 is 2.67 bits per heavy atom. The van der Waals surface area contributed by atoms with Crippen LogP contribution in [-0.2, 0) is 0 Å². The standard InChI is InChI=1S/C17H12FNOS/c1-9-3-4-10(2)16-15(9)19-17(21-16)14-8-11-7-12(18)5-6-13(11)20-14/h3-8H,1-2H3. The Morgan fingerprint density at radius 1 is 1.05 bits per heavy atom. The number of nitrogens with zero attached hydrogens (tertiary/aromatic N) is 1. The van der Waals surface area contributed by atoms with Crippen LogP contribution < -0.4 is 0 Å². The molecule has 0 aliphatic heterocycles. The first-order valence-corrected chi connectivity index (χ1v) is 7.50. The van der Waals surface area contributed by atoms with Crippen molar-refractivity contribution in [3.63, 3.8) is 0 Å². The molecular formula is C17H12FNOS. The van der Waals surface area contributed by atoms with E-state index in [1.165, 1.54) is 22.4 Å². The smallest absolute Gasteiger partial charge is 0.164 e. The lowest BCUT2D eigenvalue weighted by Crippen LogP contribution is -1.78. The van der Waals surface area contributed by atoms with Crippen molar-refractivity contribution in [1.29, 1.82) is 0 Å². The molecule has 0 unspecified atom stereocenters. The summed E-state index contributed by atoms with van der Waals surface area (Å²) in [4.78, 5) is 4.69. The van der Waals surface area contributed by atoms with E-state index in [0.29, 0.717) is 11.3 Å². The summed E-state index contributed by atoms with van der Waals surface area (Å²) in [6.07, 6.45) is 0. The highest BCUT2D eigenvalue weighted by molar-refractivity contribution is 7.21. The Labute approximate surface area is 124 Å². The molecule has 0 saturated carbocycles. The van der Waals surface area contributed by atoms with E-state index >= 15 is 0 Å². The molecular weight excluding hydrogens is 285 g/mol. The van der Waals surface area contributed by atoms with Gasteiger partial charge in [-0.25, -0.2) is 9.37 Å². The van der Waals surface area contributed by atoms with Gasteiger partial charge in [0.2, 0.25) is 0 Å². The van der Waals surface area contributed by atoms with Crippen LogP contribution in [0.25, 0.3) is 32.0 Å². The lowest BCUT2D eigenvalue weighted by atomic mass is 10.1. The van der Waals surface area contributed by atoms with Crippen LogP contribution in [0.5, 0.6) is 0 Å². The van der Waals surface area contributed by atoms with Crippen molar-refractivity contribution < 1.29 is 8.81 Å². The Morgan fingerprint density at radius 2 is 1.86 bits per heavy atom. The van der Waals surface area contributed by atoms with Gasteiger partial charge in [0.25, 0.3) is 0 Å². The molecule has 104 valence electrons. The summed E-state index contributed by atoms with van der Waals surface area (Å²) in [5, 5.41) is 1.59. The van der Waals surface area contributed by atoms with Gasteiger partial charge in [-0.3, -0.25) is 0 Å². The Bertz CT molecular complexity index is 944. The number of hydrogen-bond acceptors (Lipinski definition) is 3. The first-order valence-electron chi connectivity index (χ1n) is 6.68. The van der Waals surface area contributed by atoms with Gasteiger partial charge in [0.1, 0.15) is 11.4 Å². The summed E-state index contributed by atoms with van der Waals surface area (Å²) in [7, 11) is 0. The molecule has 0 aliphatic carbocycles. The van der Waals surface area contributed by atoms with Crippen molar-refractivity contribution in [2.75, 3.05) is 0 Å². The molecule has 0 atom stereocenters. The molecule has 0 N–H and O–H groups in total. The van der Waals surface area contributed by atoms with Gasteiger partial charge in [-0.15, -0.1) is 11.3 Å². The number of hydrogen-bond donors (Lipinski definition) is 0. The first kappa shape index (κ1) is 12.5. The minimum atomic E-state index is -0.258. The Balaban J connectivity index is 1.95. The van der Waals surface area contributed by atoms with E-state index in [2.05, 4.69) is 26.0 Å². The predicted molar refractivity (Wildman–Crippen MR) is 84.3 cm³/mol. The third-order valence-electron chi connectivity index (χ3n) is 3.63. The maximum absolute atomic E-state index is 13.3. The summed E-state index contributed by atoms with van der Waals surface area (Å²) in [6, 6.07) is 10.6. The van der Waals surface area contributed by atoms with Crippen molar-refractivity contribution >= 4 is 32.5 Å². The average Bonchev–Trinajstić information content (AvgIpc) is 3.06. The van der Waals surface area contributed by atoms with Crippen molar-refractivity contribution in [2.24, 2.45) is 0 Å². The summed E-state index contributed by atoms with van der Waals surface area (Å²) >= 11 is 1.61. The molecule has 0 fully saturated rings. The van der Waals surface area contributed by atoms with Gasteiger partial charge in [-0.2, -0.15) is 0 Å². The second kappa shape index (κ2) is 4.40. The number of furan rings is 1. The van der Waals surface area contributed by atoms with Crippen LogP contribution in [0.15, 0.2) is 40.8 Å². The quantitative estimate of drug-likeness (QED) is 0.466. The van der Waals surface area contributed by atoms with Gasteiger partial charge in [-0.05, 0) is 49.2 Å². The highest BCUT2D eigenvalue weighted by Crippen LogP contribution is 2.36. The van der Waals surface area contributed by atoms with Crippen molar-refractivity contribution in [3.8, 4) is 10.8 Å². The zero-order valence-electron chi connectivity index (χ0n) is 11.6. The van der Waals surface area contributed by atoms with Crippen molar-refractivity contribution in [1.82, 2.24) is 4.98 Å². The topological polar surface area (TPSA) is 26.0 Å². The second-order valence-corrected chi connectivity index (χ2v) is 6.19. The number of thiazole rings is 1. The molecule has 2 heterocycles. The monoisotopic (exact) mass is 297 g/mol. The number of aromatic nitrogens is 1. The minimum Gasteiger partial charge on any atom is -0.454 e. The van der Waals surface area contributed by atoms with Crippen LogP contribution in [0.2, 0.25) is 0 Å². The van der Waals surface area contributed by atoms with E-state index in [0.717, 1.165) is 21.5 Å². The Hall–Kier alpha value is -2.20. The fraction of sp³-hybridized carbons (Fsp3) is 0.118. The molecule has 4 rings (SSSR count). The first-order chi connectivity index (χ1) is 10.1. The third-order valence-corrected chi connectivity index (χ3v) is 4.84. The van der Waals surface area contributed by atoms with Gasteiger partial charge in [0.15, 0.2) is 10.8 Å². The normalized spacial score (nSPS) is 11.6. The largest absolute Gasteiger partial charge is 0.454 e. The van der Waals surface area contributed by atoms with Crippen LogP contribution in [0.3, 0.4) is 0 Å². The summed E-state index contributed by atoms with van der Waals surface area (Å²) < 4.78 is 20.2. The van der Waals surface area contributed by atoms with Crippen LogP contribution in [0.1, 0.15) is 11.1 Å². The van der Waals surface area contributed by atoms with Gasteiger partial charge in [0, 0.05) is 5.39 Å². The number of rotatable bonds is 1. The molecule has 4 heteroatoms. The number of aryl methyl sites for hydroxylation is 2. The molecule has 0 bridgehead atoms. The van der Waals surface area contributed by atoms with Gasteiger partial charge in [0.05, 0.1) is 10.2 Å². The van der Waals surface area contributed by atoms with Crippen molar-refractivity contribution in [3.05, 3.63) is 53.3 Å². The average molecular weight is 297 g/mol. The SMILES string of the molecule is Cc1ccc(C)c2sc(-c3cc4cc(F)ccc4o3)nc12. The molecule has 21 heavy (non-hydrogen) atoms. The second-order valence-electron chi connectivity index (χ2n) is 5.19. The molecule has 0 radical (unpaired) electrons. The van der Waals surface area contributed by atoms with Crippen LogP contribution in [-0.4, -0.2) is 4.98 Å². The third kappa shape index (κ3) is 1.94. The maximum Gasteiger partial charge on any atom is 0.164 e. The molecule has 4 aromatic rings. The van der Waals surface area contributed by atoms with E-state index in [1.807, 2.05) is 6.07 Å². The van der Waals surface area contributed by atoms with E-state index in [4.69, 9.17) is 9.40 Å². The van der Waals surface area contributed by atoms with Gasteiger partial charge >= 0.3 is 0 Å². The van der Waals surface area contributed by atoms with E-state index < -0.39 is 0 Å². The fourth-order valence-corrected chi connectivity index (χ4v) is 3.55. The Kier molecular flexibility index (Phi) is 2.62. The zero-order chi connectivity index (χ0) is 14.6. The molecule has 2 aromatic carbocycles. The lowest BCUT2D eigenvalue weighted by Gasteiger charge is -1.96. The number of fused-ring (bicyclic) bond motifs is 2. The predicted octanol–water partition coefficient (Wildman–Crippen LogP) is 5.47. The minimum absolute atomic E-state index is 0.258. The molecule has 2 nitrogen and oxygen atoms in total. The highest BCUT2D eigenvalue weighted by atomic mass is 32.1. The summed E-state index contributed by atoms with van der Waals surface area (Å²) in [5.74, 6) is 0.432. The molecule has 0 aliphatic rings. The maximum atomic E-state index is 13.3. The molecule has 0 saturated heterocycles. The van der Waals surface area contributed by atoms with Gasteiger partial charge < -0.3 is 4.42 Å². The van der Waals surface area contributed by atoms with Gasteiger partial charge in [-0.1, -0.05) is 12.1 Å². The molecule has 0 spiro atoms. The van der Waals surface area contributed by atoms with Crippen LogP contribution in [0, 0.1) is 19.7 Å². The summed E-state index contributed by atoms with van der Waals surface area (Å²) in [5.41, 5.74) is 4.06. The van der Waals surface area contributed by atoms with Crippen LogP contribution in [0.4, 0.5) is 4.39 Å².